The summed E-state index contributed by atoms with van der Waals surface area (Å²) in [4.78, 5) is 25.0. The predicted octanol–water partition coefficient (Wildman–Crippen LogP) is 3.13. The first kappa shape index (κ1) is 26.5. The normalized spacial score (nSPS) is 24.1. The highest BCUT2D eigenvalue weighted by Crippen LogP contribution is 2.48. The summed E-state index contributed by atoms with van der Waals surface area (Å²) in [5.41, 5.74) is 2.31. The lowest BCUT2D eigenvalue weighted by Gasteiger charge is -2.32. The van der Waals surface area contributed by atoms with E-state index < -0.39 is 5.97 Å². The zero-order chi connectivity index (χ0) is 24.7. The second-order valence-electron chi connectivity index (χ2n) is 10.2. The standard InChI is InChI=1S/C27H41NO6/c1-4-5-6-9-20(29)11-12-21-22-13-18-8-7-10-25(23(18)14-19(22)15-24(21)30)33-17-27(32)34-16-26(31)28(2)3/h7-8,10,19-22,24,29-30H,4-6,9,11-17H2,1-3H3/t19?,20-,21-,22?,24-/m1/s1. The number of unbranched alkanes of at least 4 members (excludes halogenated alkanes) is 2. The number of rotatable bonds is 12. The number of nitrogens with zero attached hydrogens (tertiary/aromatic N) is 1. The van der Waals surface area contributed by atoms with Gasteiger partial charge in [0.1, 0.15) is 5.75 Å². The largest absolute Gasteiger partial charge is 0.482 e. The van der Waals surface area contributed by atoms with E-state index in [0.29, 0.717) is 17.6 Å². The highest BCUT2D eigenvalue weighted by atomic mass is 16.6. The van der Waals surface area contributed by atoms with Crippen molar-refractivity contribution in [3.63, 3.8) is 0 Å². The van der Waals surface area contributed by atoms with Crippen LogP contribution in [0.15, 0.2) is 18.2 Å². The van der Waals surface area contributed by atoms with E-state index >= 15 is 0 Å². The number of aliphatic hydroxyl groups excluding tert-OH is 2. The summed E-state index contributed by atoms with van der Waals surface area (Å²) in [5, 5.41) is 21.2. The average Bonchev–Trinajstić information content (AvgIpc) is 3.12. The number of aliphatic hydroxyl groups is 2. The molecular formula is C27H41NO6. The van der Waals surface area contributed by atoms with Gasteiger partial charge in [-0.2, -0.15) is 0 Å². The number of benzene rings is 1. The number of carbonyl (C=O) groups excluding carboxylic acids is 2. The van der Waals surface area contributed by atoms with Gasteiger partial charge >= 0.3 is 5.97 Å². The molecule has 0 radical (unpaired) electrons. The minimum atomic E-state index is -0.574. The molecule has 34 heavy (non-hydrogen) atoms. The van der Waals surface area contributed by atoms with Gasteiger partial charge in [0, 0.05) is 14.1 Å². The molecule has 2 unspecified atom stereocenters. The second kappa shape index (κ2) is 12.5. The Morgan fingerprint density at radius 1 is 1.15 bits per heavy atom. The molecule has 3 rings (SSSR count). The lowest BCUT2D eigenvalue weighted by atomic mass is 9.73. The number of likely N-dealkylation sites (N-methyl/N-ethyl adjacent to an activating group) is 1. The maximum atomic E-state index is 12.0. The monoisotopic (exact) mass is 475 g/mol. The molecule has 2 aliphatic carbocycles. The van der Waals surface area contributed by atoms with Gasteiger partial charge in [0.15, 0.2) is 13.2 Å². The molecule has 0 heterocycles. The lowest BCUT2D eigenvalue weighted by Crippen LogP contribution is -2.29. The van der Waals surface area contributed by atoms with Gasteiger partial charge in [-0.15, -0.1) is 0 Å². The van der Waals surface area contributed by atoms with Crippen molar-refractivity contribution in [2.75, 3.05) is 27.3 Å². The minimum Gasteiger partial charge on any atom is -0.482 e. The molecule has 1 amide bonds. The van der Waals surface area contributed by atoms with E-state index in [1.54, 1.807) is 14.1 Å². The van der Waals surface area contributed by atoms with Gasteiger partial charge in [0.2, 0.25) is 0 Å². The fraction of sp³-hybridized carbons (Fsp3) is 0.704. The molecule has 5 atom stereocenters. The van der Waals surface area contributed by atoms with E-state index in [-0.39, 0.29) is 37.2 Å². The van der Waals surface area contributed by atoms with Gasteiger partial charge in [0.05, 0.1) is 12.2 Å². The summed E-state index contributed by atoms with van der Waals surface area (Å²) in [5.74, 6) is 0.820. The Morgan fingerprint density at radius 3 is 2.68 bits per heavy atom. The number of hydrogen-bond acceptors (Lipinski definition) is 6. The van der Waals surface area contributed by atoms with Crippen molar-refractivity contribution in [2.45, 2.75) is 76.9 Å². The summed E-state index contributed by atoms with van der Waals surface area (Å²) in [6.45, 7) is 1.63. The SMILES string of the molecule is CCCCC[C@@H](O)CC[C@@H]1C2Cc3cccc(OCC(=O)OCC(=O)N(C)C)c3CC2C[C@H]1O. The van der Waals surface area contributed by atoms with Crippen molar-refractivity contribution in [1.82, 2.24) is 4.90 Å². The van der Waals surface area contributed by atoms with Gasteiger partial charge in [-0.25, -0.2) is 4.79 Å². The van der Waals surface area contributed by atoms with Crippen LogP contribution in [0.5, 0.6) is 5.75 Å². The molecule has 0 bridgehead atoms. The molecular weight excluding hydrogens is 434 g/mol. The van der Waals surface area contributed by atoms with E-state index in [0.717, 1.165) is 63.4 Å². The first-order valence-electron chi connectivity index (χ1n) is 12.8. The van der Waals surface area contributed by atoms with Crippen LogP contribution in [0.25, 0.3) is 0 Å². The number of carbonyl (C=O) groups is 2. The Hall–Kier alpha value is -2.12. The van der Waals surface area contributed by atoms with Crippen LogP contribution in [-0.4, -0.2) is 66.5 Å². The molecule has 0 aromatic heterocycles. The number of esters is 1. The van der Waals surface area contributed by atoms with E-state index in [2.05, 4.69) is 13.0 Å². The van der Waals surface area contributed by atoms with Crippen LogP contribution in [0.3, 0.4) is 0 Å². The number of ether oxygens (including phenoxy) is 2. The quantitative estimate of drug-likeness (QED) is 0.356. The molecule has 1 aromatic carbocycles. The molecule has 0 aliphatic heterocycles. The fourth-order valence-corrected chi connectivity index (χ4v) is 5.55. The number of amides is 1. The smallest absolute Gasteiger partial charge is 0.344 e. The van der Waals surface area contributed by atoms with E-state index in [9.17, 15) is 19.8 Å². The van der Waals surface area contributed by atoms with E-state index in [1.165, 1.54) is 10.5 Å². The van der Waals surface area contributed by atoms with Gasteiger partial charge in [-0.1, -0.05) is 38.3 Å². The number of hydrogen-bond donors (Lipinski definition) is 2. The van der Waals surface area contributed by atoms with Crippen LogP contribution in [0.4, 0.5) is 0 Å². The van der Waals surface area contributed by atoms with E-state index in [1.807, 2.05) is 12.1 Å². The highest BCUT2D eigenvalue weighted by Gasteiger charge is 2.44. The summed E-state index contributed by atoms with van der Waals surface area (Å²) in [6, 6.07) is 5.91. The zero-order valence-electron chi connectivity index (χ0n) is 20.9. The second-order valence-corrected chi connectivity index (χ2v) is 10.2. The Balaban J connectivity index is 1.56. The number of fused-ring (bicyclic) bond motifs is 2. The molecule has 190 valence electrons. The molecule has 7 heteroatoms. The highest BCUT2D eigenvalue weighted by molar-refractivity contribution is 5.80. The summed E-state index contributed by atoms with van der Waals surface area (Å²) in [6.07, 6.45) is 7.69. The third-order valence-electron chi connectivity index (χ3n) is 7.52. The maximum absolute atomic E-state index is 12.0. The Morgan fingerprint density at radius 2 is 1.94 bits per heavy atom. The van der Waals surface area contributed by atoms with Crippen LogP contribution in [0.1, 0.15) is 63.0 Å². The molecule has 7 nitrogen and oxygen atoms in total. The molecule has 1 fully saturated rings. The predicted molar refractivity (Wildman–Crippen MR) is 129 cm³/mol. The Kier molecular flexibility index (Phi) is 9.77. The van der Waals surface area contributed by atoms with Gasteiger partial charge in [0.25, 0.3) is 5.91 Å². The zero-order valence-corrected chi connectivity index (χ0v) is 20.9. The van der Waals surface area contributed by atoms with Gasteiger partial charge in [-0.05, 0) is 73.5 Å². The maximum Gasteiger partial charge on any atom is 0.344 e. The minimum absolute atomic E-state index is 0.216. The van der Waals surface area contributed by atoms with Gasteiger partial charge < -0.3 is 24.6 Å². The third-order valence-corrected chi connectivity index (χ3v) is 7.52. The van der Waals surface area contributed by atoms with Crippen molar-refractivity contribution in [3.8, 4) is 5.75 Å². The van der Waals surface area contributed by atoms with Crippen molar-refractivity contribution < 1.29 is 29.3 Å². The van der Waals surface area contributed by atoms with Crippen molar-refractivity contribution in [2.24, 2.45) is 17.8 Å². The molecule has 0 spiro atoms. The van der Waals surface area contributed by atoms with Crippen LogP contribution in [0, 0.1) is 17.8 Å². The lowest BCUT2D eigenvalue weighted by molar-refractivity contribution is -0.152. The van der Waals surface area contributed by atoms with Crippen molar-refractivity contribution in [3.05, 3.63) is 29.3 Å². The first-order valence-corrected chi connectivity index (χ1v) is 12.8. The Bertz CT molecular complexity index is 825. The van der Waals surface area contributed by atoms with Crippen LogP contribution < -0.4 is 4.74 Å². The summed E-state index contributed by atoms with van der Waals surface area (Å²) >= 11 is 0. The van der Waals surface area contributed by atoms with Crippen molar-refractivity contribution in [1.29, 1.82) is 0 Å². The molecule has 1 saturated carbocycles. The van der Waals surface area contributed by atoms with Crippen LogP contribution >= 0.6 is 0 Å². The van der Waals surface area contributed by atoms with Crippen LogP contribution in [0.2, 0.25) is 0 Å². The molecule has 1 aromatic rings. The average molecular weight is 476 g/mol. The fourth-order valence-electron chi connectivity index (χ4n) is 5.55. The topological polar surface area (TPSA) is 96.3 Å². The van der Waals surface area contributed by atoms with Crippen LogP contribution in [-0.2, 0) is 27.2 Å². The molecule has 2 aliphatic rings. The van der Waals surface area contributed by atoms with E-state index in [4.69, 9.17) is 9.47 Å². The third kappa shape index (κ3) is 6.95. The first-order chi connectivity index (χ1) is 16.3. The molecule has 0 saturated heterocycles. The Labute approximate surface area is 203 Å². The van der Waals surface area contributed by atoms with Crippen molar-refractivity contribution >= 4 is 11.9 Å². The summed E-state index contributed by atoms with van der Waals surface area (Å²) in [7, 11) is 3.22. The summed E-state index contributed by atoms with van der Waals surface area (Å²) < 4.78 is 10.8. The van der Waals surface area contributed by atoms with Gasteiger partial charge in [-0.3, -0.25) is 4.79 Å². The molecule has 2 N–H and O–H groups in total.